The first-order valence-electron chi connectivity index (χ1n) is 5.74. The molecule has 2 nitrogen and oxygen atoms in total. The average molecular weight is 184 g/mol. The van der Waals surface area contributed by atoms with Crippen molar-refractivity contribution >= 4 is 0 Å². The Morgan fingerprint density at radius 2 is 2.23 bits per heavy atom. The molecule has 0 heterocycles. The van der Waals surface area contributed by atoms with Gasteiger partial charge in [0.25, 0.3) is 0 Å². The number of nitrogens with one attached hydrogen (secondary N) is 1. The van der Waals surface area contributed by atoms with Crippen LogP contribution in [-0.4, -0.2) is 6.04 Å². The number of unbranched alkanes of at least 4 members (excludes halogenated alkanes) is 1. The molecule has 3 atom stereocenters. The number of rotatable bonds is 5. The van der Waals surface area contributed by atoms with E-state index in [1.807, 2.05) is 0 Å². The zero-order chi connectivity index (χ0) is 9.68. The summed E-state index contributed by atoms with van der Waals surface area (Å²) in [6.45, 7) is 4.60. The van der Waals surface area contributed by atoms with Crippen LogP contribution in [0.3, 0.4) is 0 Å². The Balaban J connectivity index is 2.29. The molecular formula is C11H24N2. The van der Waals surface area contributed by atoms with Crippen LogP contribution in [-0.2, 0) is 0 Å². The van der Waals surface area contributed by atoms with Gasteiger partial charge in [-0.25, -0.2) is 0 Å². The monoisotopic (exact) mass is 184 g/mol. The van der Waals surface area contributed by atoms with E-state index in [0.717, 1.165) is 11.8 Å². The number of hydrogen-bond donors (Lipinski definition) is 2. The summed E-state index contributed by atoms with van der Waals surface area (Å²) in [7, 11) is 0. The average Bonchev–Trinajstić information content (AvgIpc) is 2.54. The van der Waals surface area contributed by atoms with Crippen molar-refractivity contribution in [3.63, 3.8) is 0 Å². The minimum atomic E-state index is 0.574. The molecule has 1 aliphatic carbocycles. The summed E-state index contributed by atoms with van der Waals surface area (Å²) < 4.78 is 0. The van der Waals surface area contributed by atoms with Gasteiger partial charge in [-0.3, -0.25) is 11.3 Å². The normalized spacial score (nSPS) is 30.7. The molecule has 1 saturated carbocycles. The molecule has 13 heavy (non-hydrogen) atoms. The molecule has 1 rings (SSSR count). The molecule has 0 bridgehead atoms. The van der Waals surface area contributed by atoms with Gasteiger partial charge in [0.15, 0.2) is 0 Å². The Morgan fingerprint density at radius 1 is 1.46 bits per heavy atom. The molecule has 78 valence electrons. The first-order valence-corrected chi connectivity index (χ1v) is 5.74. The third-order valence-electron chi connectivity index (χ3n) is 3.39. The highest BCUT2D eigenvalue weighted by Crippen LogP contribution is 2.33. The fraction of sp³-hybridized carbons (Fsp3) is 1.00. The summed E-state index contributed by atoms with van der Waals surface area (Å²) in [5.41, 5.74) is 3.00. The van der Waals surface area contributed by atoms with Crippen molar-refractivity contribution in [1.82, 2.24) is 5.43 Å². The zero-order valence-electron chi connectivity index (χ0n) is 9.05. The molecule has 0 aromatic heterocycles. The van der Waals surface area contributed by atoms with Crippen LogP contribution in [0.2, 0.25) is 0 Å². The number of hydrazine groups is 1. The molecule has 3 N–H and O–H groups in total. The lowest BCUT2D eigenvalue weighted by Crippen LogP contribution is -2.40. The summed E-state index contributed by atoms with van der Waals surface area (Å²) in [5, 5.41) is 0. The third-order valence-corrected chi connectivity index (χ3v) is 3.39. The highest BCUT2D eigenvalue weighted by Gasteiger charge is 2.27. The van der Waals surface area contributed by atoms with Gasteiger partial charge in [-0.2, -0.15) is 0 Å². The van der Waals surface area contributed by atoms with E-state index >= 15 is 0 Å². The van der Waals surface area contributed by atoms with E-state index < -0.39 is 0 Å². The minimum Gasteiger partial charge on any atom is -0.271 e. The first kappa shape index (κ1) is 11.0. The SMILES string of the molecule is CCCCC(NN)C1CCC(C)C1. The Morgan fingerprint density at radius 3 is 2.69 bits per heavy atom. The van der Waals surface area contributed by atoms with Crippen LogP contribution < -0.4 is 11.3 Å². The summed E-state index contributed by atoms with van der Waals surface area (Å²) in [4.78, 5) is 0. The second-order valence-electron chi connectivity index (χ2n) is 4.59. The van der Waals surface area contributed by atoms with Crippen LogP contribution in [0.1, 0.15) is 52.4 Å². The highest BCUT2D eigenvalue weighted by molar-refractivity contribution is 4.81. The van der Waals surface area contributed by atoms with E-state index in [1.165, 1.54) is 38.5 Å². The van der Waals surface area contributed by atoms with Crippen molar-refractivity contribution in [3.05, 3.63) is 0 Å². The maximum Gasteiger partial charge on any atom is 0.0238 e. The fourth-order valence-electron chi connectivity index (χ4n) is 2.50. The molecule has 0 spiro atoms. The molecule has 2 heteroatoms. The molecule has 0 saturated heterocycles. The lowest BCUT2D eigenvalue weighted by molar-refractivity contribution is 0.330. The van der Waals surface area contributed by atoms with Gasteiger partial charge in [0.2, 0.25) is 0 Å². The van der Waals surface area contributed by atoms with Gasteiger partial charge in [0, 0.05) is 6.04 Å². The Kier molecular flexibility index (Phi) is 4.74. The number of hydrogen-bond acceptors (Lipinski definition) is 2. The van der Waals surface area contributed by atoms with Crippen molar-refractivity contribution in [2.45, 2.75) is 58.4 Å². The lowest BCUT2D eigenvalue weighted by Gasteiger charge is -2.22. The molecule has 1 aliphatic rings. The van der Waals surface area contributed by atoms with E-state index in [4.69, 9.17) is 5.84 Å². The van der Waals surface area contributed by atoms with Crippen LogP contribution in [0.15, 0.2) is 0 Å². The van der Waals surface area contributed by atoms with Gasteiger partial charge < -0.3 is 0 Å². The minimum absolute atomic E-state index is 0.574. The smallest absolute Gasteiger partial charge is 0.0238 e. The molecular weight excluding hydrogens is 160 g/mol. The molecule has 0 amide bonds. The molecule has 0 aromatic rings. The summed E-state index contributed by atoms with van der Waals surface area (Å²) in [6, 6.07) is 0.574. The largest absolute Gasteiger partial charge is 0.271 e. The molecule has 1 fully saturated rings. The van der Waals surface area contributed by atoms with Crippen LogP contribution in [0, 0.1) is 11.8 Å². The van der Waals surface area contributed by atoms with Crippen molar-refractivity contribution in [2.75, 3.05) is 0 Å². The van der Waals surface area contributed by atoms with Crippen LogP contribution >= 0.6 is 0 Å². The van der Waals surface area contributed by atoms with Crippen LogP contribution in [0.5, 0.6) is 0 Å². The molecule has 3 unspecified atom stereocenters. The quantitative estimate of drug-likeness (QED) is 0.509. The maximum atomic E-state index is 5.59. The Bertz CT molecular complexity index is 136. The van der Waals surface area contributed by atoms with E-state index in [9.17, 15) is 0 Å². The number of nitrogens with two attached hydrogens (primary N) is 1. The van der Waals surface area contributed by atoms with E-state index in [0.29, 0.717) is 6.04 Å². The molecule has 0 aromatic carbocycles. The fourth-order valence-corrected chi connectivity index (χ4v) is 2.50. The van der Waals surface area contributed by atoms with Crippen molar-refractivity contribution < 1.29 is 0 Å². The van der Waals surface area contributed by atoms with E-state index in [1.54, 1.807) is 0 Å². The standard InChI is InChI=1S/C11H24N2/c1-3-4-5-11(13-12)10-7-6-9(2)8-10/h9-11,13H,3-8,12H2,1-2H3. The Labute approximate surface area is 82.2 Å². The summed E-state index contributed by atoms with van der Waals surface area (Å²) >= 11 is 0. The third kappa shape index (κ3) is 3.28. The van der Waals surface area contributed by atoms with Gasteiger partial charge in [0.05, 0.1) is 0 Å². The van der Waals surface area contributed by atoms with Crippen LogP contribution in [0.25, 0.3) is 0 Å². The Hall–Kier alpha value is -0.0800. The lowest BCUT2D eigenvalue weighted by atomic mass is 9.93. The predicted molar refractivity (Wildman–Crippen MR) is 57.1 cm³/mol. The molecule has 0 radical (unpaired) electrons. The summed E-state index contributed by atoms with van der Waals surface area (Å²) in [6.07, 6.45) is 7.98. The van der Waals surface area contributed by atoms with Crippen molar-refractivity contribution in [2.24, 2.45) is 17.7 Å². The van der Waals surface area contributed by atoms with E-state index in [2.05, 4.69) is 19.3 Å². The topological polar surface area (TPSA) is 38.0 Å². The van der Waals surface area contributed by atoms with Crippen LogP contribution in [0.4, 0.5) is 0 Å². The van der Waals surface area contributed by atoms with Gasteiger partial charge >= 0.3 is 0 Å². The van der Waals surface area contributed by atoms with Gasteiger partial charge in [0.1, 0.15) is 0 Å². The van der Waals surface area contributed by atoms with Crippen molar-refractivity contribution in [3.8, 4) is 0 Å². The zero-order valence-corrected chi connectivity index (χ0v) is 9.05. The van der Waals surface area contributed by atoms with Gasteiger partial charge in [-0.1, -0.05) is 33.1 Å². The predicted octanol–water partition coefficient (Wildman–Crippen LogP) is 2.44. The highest BCUT2D eigenvalue weighted by atomic mass is 15.2. The van der Waals surface area contributed by atoms with Gasteiger partial charge in [-0.15, -0.1) is 0 Å². The van der Waals surface area contributed by atoms with E-state index in [-0.39, 0.29) is 0 Å². The first-order chi connectivity index (χ1) is 6.27. The maximum absolute atomic E-state index is 5.59. The second kappa shape index (κ2) is 5.61. The molecule has 0 aliphatic heterocycles. The van der Waals surface area contributed by atoms with Crippen molar-refractivity contribution in [1.29, 1.82) is 0 Å². The summed E-state index contributed by atoms with van der Waals surface area (Å²) in [5.74, 6) is 7.35. The second-order valence-corrected chi connectivity index (χ2v) is 4.59. The van der Waals surface area contributed by atoms with Gasteiger partial charge in [-0.05, 0) is 31.1 Å².